The van der Waals surface area contributed by atoms with Crippen LogP contribution in [-0.4, -0.2) is 25.0 Å². The number of aliphatic hydroxyl groups excluding tert-OH is 1. The van der Waals surface area contributed by atoms with E-state index in [0.717, 1.165) is 11.3 Å². The monoisotopic (exact) mass is 222 g/mol. The second-order valence-electron chi connectivity index (χ2n) is 3.65. The van der Waals surface area contributed by atoms with Gasteiger partial charge in [0.2, 0.25) is 5.82 Å². The molecule has 1 N–H and O–H groups in total. The van der Waals surface area contributed by atoms with Crippen molar-refractivity contribution in [2.24, 2.45) is 7.05 Å². The molecule has 2 aromatic rings. The molecular formula is C10H14N4O2. The molecule has 0 saturated carbocycles. The van der Waals surface area contributed by atoms with E-state index in [1.807, 2.05) is 20.9 Å². The Morgan fingerprint density at radius 3 is 2.88 bits per heavy atom. The number of hydrogen-bond donors (Lipinski definition) is 1. The molecule has 1 unspecified atom stereocenters. The first-order valence-electron chi connectivity index (χ1n) is 5.14. The van der Waals surface area contributed by atoms with Crippen molar-refractivity contribution in [3.05, 3.63) is 17.7 Å². The summed E-state index contributed by atoms with van der Waals surface area (Å²) < 4.78 is 6.82. The normalized spacial score (nSPS) is 13.0. The first-order chi connectivity index (χ1) is 7.63. The molecule has 6 heteroatoms. The van der Waals surface area contributed by atoms with Crippen molar-refractivity contribution in [2.75, 3.05) is 0 Å². The van der Waals surface area contributed by atoms with Gasteiger partial charge in [-0.1, -0.05) is 12.1 Å². The molecule has 0 spiro atoms. The number of aromatic nitrogens is 4. The maximum Gasteiger partial charge on any atom is 0.261 e. The smallest absolute Gasteiger partial charge is 0.261 e. The Hall–Kier alpha value is -1.69. The average molecular weight is 222 g/mol. The van der Waals surface area contributed by atoms with Gasteiger partial charge in [-0.05, 0) is 13.3 Å². The maximum atomic E-state index is 9.56. The molecule has 2 rings (SSSR count). The van der Waals surface area contributed by atoms with E-state index in [9.17, 15) is 5.11 Å². The minimum Gasteiger partial charge on any atom is -0.385 e. The molecule has 6 nitrogen and oxygen atoms in total. The summed E-state index contributed by atoms with van der Waals surface area (Å²) >= 11 is 0. The zero-order valence-electron chi connectivity index (χ0n) is 9.51. The van der Waals surface area contributed by atoms with E-state index in [-0.39, 0.29) is 0 Å². The van der Waals surface area contributed by atoms with E-state index < -0.39 is 6.10 Å². The summed E-state index contributed by atoms with van der Waals surface area (Å²) in [5, 5.41) is 17.4. The minimum atomic E-state index is -0.672. The lowest BCUT2D eigenvalue weighted by Crippen LogP contribution is -1.97. The maximum absolute atomic E-state index is 9.56. The molecule has 0 bridgehead atoms. The SMILES string of the molecule is CCC(O)c1noc(-c2cnn(C)c2C)n1. The molecule has 0 aliphatic carbocycles. The van der Waals surface area contributed by atoms with Crippen LogP contribution in [0, 0.1) is 6.92 Å². The van der Waals surface area contributed by atoms with Crippen LogP contribution in [0.5, 0.6) is 0 Å². The van der Waals surface area contributed by atoms with E-state index in [1.165, 1.54) is 0 Å². The molecule has 2 heterocycles. The van der Waals surface area contributed by atoms with Crippen LogP contribution in [0.1, 0.15) is 31.0 Å². The highest BCUT2D eigenvalue weighted by molar-refractivity contribution is 5.54. The standard InChI is InChI=1S/C10H14N4O2/c1-4-8(15)9-12-10(16-13-9)7-5-11-14(3)6(7)2/h5,8,15H,4H2,1-3H3. The first kappa shape index (κ1) is 10.8. The predicted octanol–water partition coefficient (Wildman–Crippen LogP) is 1.22. The van der Waals surface area contributed by atoms with E-state index in [1.54, 1.807) is 10.9 Å². The summed E-state index contributed by atoms with van der Waals surface area (Å²) in [4.78, 5) is 4.14. The number of nitrogens with zero attached hydrogens (tertiary/aromatic N) is 4. The molecule has 86 valence electrons. The van der Waals surface area contributed by atoms with Crippen molar-refractivity contribution in [1.82, 2.24) is 19.9 Å². The van der Waals surface area contributed by atoms with Gasteiger partial charge in [0.15, 0.2) is 0 Å². The van der Waals surface area contributed by atoms with E-state index >= 15 is 0 Å². The molecule has 0 aliphatic rings. The average Bonchev–Trinajstić information content (AvgIpc) is 2.87. The van der Waals surface area contributed by atoms with Gasteiger partial charge in [-0.2, -0.15) is 10.1 Å². The lowest BCUT2D eigenvalue weighted by atomic mass is 10.2. The number of aryl methyl sites for hydroxylation is 1. The molecule has 0 radical (unpaired) electrons. The summed E-state index contributed by atoms with van der Waals surface area (Å²) in [6, 6.07) is 0. The largest absolute Gasteiger partial charge is 0.385 e. The number of hydrogen-bond acceptors (Lipinski definition) is 5. The van der Waals surface area contributed by atoms with Crippen molar-refractivity contribution in [1.29, 1.82) is 0 Å². The Bertz CT molecular complexity index is 489. The quantitative estimate of drug-likeness (QED) is 0.844. The first-order valence-corrected chi connectivity index (χ1v) is 5.14. The lowest BCUT2D eigenvalue weighted by molar-refractivity contribution is 0.159. The van der Waals surface area contributed by atoms with E-state index in [4.69, 9.17) is 4.52 Å². The lowest BCUT2D eigenvalue weighted by Gasteiger charge is -1.98. The molecule has 0 fully saturated rings. The fraction of sp³-hybridized carbons (Fsp3) is 0.500. The summed E-state index contributed by atoms with van der Waals surface area (Å²) in [5.41, 5.74) is 1.74. The second-order valence-corrected chi connectivity index (χ2v) is 3.65. The third-order valence-electron chi connectivity index (χ3n) is 2.59. The van der Waals surface area contributed by atoms with Crippen molar-refractivity contribution >= 4 is 0 Å². The highest BCUT2D eigenvalue weighted by atomic mass is 16.5. The van der Waals surface area contributed by atoms with E-state index in [2.05, 4.69) is 15.2 Å². The fourth-order valence-electron chi connectivity index (χ4n) is 1.37. The van der Waals surface area contributed by atoms with Gasteiger partial charge in [0.25, 0.3) is 5.89 Å². The van der Waals surface area contributed by atoms with Crippen molar-refractivity contribution in [3.8, 4) is 11.5 Å². The van der Waals surface area contributed by atoms with E-state index in [0.29, 0.717) is 18.1 Å². The van der Waals surface area contributed by atoms with Gasteiger partial charge in [-0.3, -0.25) is 4.68 Å². The second kappa shape index (κ2) is 4.05. The van der Waals surface area contributed by atoms with Crippen LogP contribution in [0.4, 0.5) is 0 Å². The van der Waals surface area contributed by atoms with Gasteiger partial charge in [0, 0.05) is 12.7 Å². The zero-order valence-corrected chi connectivity index (χ0v) is 9.51. The van der Waals surface area contributed by atoms with Gasteiger partial charge < -0.3 is 9.63 Å². The van der Waals surface area contributed by atoms with Crippen LogP contribution in [0.15, 0.2) is 10.7 Å². The molecule has 1 atom stereocenters. The fourth-order valence-corrected chi connectivity index (χ4v) is 1.37. The number of rotatable bonds is 3. The highest BCUT2D eigenvalue weighted by Gasteiger charge is 2.17. The molecular weight excluding hydrogens is 208 g/mol. The van der Waals surface area contributed by atoms with Crippen LogP contribution >= 0.6 is 0 Å². The van der Waals surface area contributed by atoms with Crippen LogP contribution in [0.2, 0.25) is 0 Å². The highest BCUT2D eigenvalue weighted by Crippen LogP contribution is 2.22. The van der Waals surface area contributed by atoms with Crippen molar-refractivity contribution < 1.29 is 9.63 Å². The van der Waals surface area contributed by atoms with Crippen LogP contribution in [0.25, 0.3) is 11.5 Å². The van der Waals surface area contributed by atoms with Gasteiger partial charge in [0.05, 0.1) is 11.8 Å². The predicted molar refractivity (Wildman–Crippen MR) is 56.5 cm³/mol. The molecule has 0 aromatic carbocycles. The van der Waals surface area contributed by atoms with Gasteiger partial charge in [-0.15, -0.1) is 0 Å². The summed E-state index contributed by atoms with van der Waals surface area (Å²) in [6.45, 7) is 3.78. The Balaban J connectivity index is 2.35. The Labute approximate surface area is 92.9 Å². The minimum absolute atomic E-state index is 0.320. The Kier molecular flexibility index (Phi) is 2.74. The van der Waals surface area contributed by atoms with Crippen LogP contribution < -0.4 is 0 Å². The summed E-state index contributed by atoms with van der Waals surface area (Å²) in [7, 11) is 1.84. The van der Waals surface area contributed by atoms with Gasteiger partial charge >= 0.3 is 0 Å². The summed E-state index contributed by atoms with van der Waals surface area (Å²) in [6.07, 6.45) is 1.56. The third-order valence-corrected chi connectivity index (χ3v) is 2.59. The van der Waals surface area contributed by atoms with Crippen LogP contribution in [0.3, 0.4) is 0 Å². The Morgan fingerprint density at radius 1 is 1.56 bits per heavy atom. The number of aliphatic hydroxyl groups is 1. The molecule has 0 amide bonds. The third kappa shape index (κ3) is 1.71. The van der Waals surface area contributed by atoms with Crippen molar-refractivity contribution in [3.63, 3.8) is 0 Å². The van der Waals surface area contributed by atoms with Gasteiger partial charge in [0.1, 0.15) is 6.10 Å². The molecule has 0 saturated heterocycles. The summed E-state index contributed by atoms with van der Waals surface area (Å²) in [5.74, 6) is 0.717. The molecule has 2 aromatic heterocycles. The van der Waals surface area contributed by atoms with Gasteiger partial charge in [-0.25, -0.2) is 0 Å². The topological polar surface area (TPSA) is 77.0 Å². The Morgan fingerprint density at radius 2 is 2.31 bits per heavy atom. The van der Waals surface area contributed by atoms with Crippen molar-refractivity contribution in [2.45, 2.75) is 26.4 Å². The molecule has 0 aliphatic heterocycles. The zero-order chi connectivity index (χ0) is 11.7. The van der Waals surface area contributed by atoms with Crippen LogP contribution in [-0.2, 0) is 7.05 Å². The molecule has 16 heavy (non-hydrogen) atoms.